The average Bonchev–Trinajstić information content (AvgIpc) is 3.37. The third-order valence-corrected chi connectivity index (χ3v) is 7.84. The molecule has 2 heterocycles. The molecule has 0 saturated heterocycles. The maximum atomic E-state index is 5.76. The van der Waals surface area contributed by atoms with Crippen molar-refractivity contribution in [2.45, 2.75) is 69.6 Å². The number of ether oxygens (including phenoxy) is 1. The van der Waals surface area contributed by atoms with E-state index in [2.05, 4.69) is 33.8 Å². The molecule has 0 radical (unpaired) electrons. The predicted octanol–water partition coefficient (Wildman–Crippen LogP) is 5.70. The lowest BCUT2D eigenvalue weighted by molar-refractivity contribution is 0.0322. The van der Waals surface area contributed by atoms with Gasteiger partial charge < -0.3 is 19.1 Å². The summed E-state index contributed by atoms with van der Waals surface area (Å²) < 4.78 is 16.4. The fraction of sp³-hybridized carbons (Fsp3) is 0.560. The van der Waals surface area contributed by atoms with Crippen molar-refractivity contribution in [2.75, 3.05) is 18.5 Å². The van der Waals surface area contributed by atoms with Gasteiger partial charge in [0.05, 0.1) is 12.7 Å². The summed E-state index contributed by atoms with van der Waals surface area (Å²) in [6, 6.07) is 10.2. The van der Waals surface area contributed by atoms with Gasteiger partial charge in [0.25, 0.3) is 0 Å². The van der Waals surface area contributed by atoms with Crippen LogP contribution in [0.25, 0.3) is 11.3 Å². The number of fused-ring (bicyclic) bond motifs is 3. The summed E-state index contributed by atoms with van der Waals surface area (Å²) in [5.41, 5.74) is 3.41. The van der Waals surface area contributed by atoms with E-state index in [1.807, 2.05) is 19.1 Å². The van der Waals surface area contributed by atoms with E-state index in [-0.39, 0.29) is 5.41 Å². The molecule has 168 valence electrons. The summed E-state index contributed by atoms with van der Waals surface area (Å²) in [6.07, 6.45) is 9.52. The number of aromatic nitrogens is 3. The summed E-state index contributed by atoms with van der Waals surface area (Å²) in [4.78, 5) is 4.82. The molecule has 2 aromatic heterocycles. The van der Waals surface area contributed by atoms with Gasteiger partial charge in [0, 0.05) is 29.1 Å². The molecule has 4 aliphatic carbocycles. The van der Waals surface area contributed by atoms with Gasteiger partial charge in [-0.25, -0.2) is 0 Å². The van der Waals surface area contributed by atoms with Crippen LogP contribution in [-0.2, 0) is 5.41 Å². The molecule has 1 aromatic carbocycles. The minimum absolute atomic E-state index is 0.118. The molecule has 0 aliphatic heterocycles. The molecule has 0 spiro atoms. The molecular weight excluding hydrogens is 404 g/mol. The zero-order chi connectivity index (χ0) is 21.6. The Hall–Kier alpha value is -2.83. The molecule has 4 fully saturated rings. The number of nitrogens with one attached hydrogen (secondary N) is 1. The monoisotopic (exact) mass is 434 g/mol. The van der Waals surface area contributed by atoms with E-state index in [4.69, 9.17) is 18.8 Å². The van der Waals surface area contributed by atoms with E-state index in [1.54, 1.807) is 0 Å². The van der Waals surface area contributed by atoms with E-state index >= 15 is 0 Å². The van der Waals surface area contributed by atoms with Crippen molar-refractivity contribution in [3.05, 3.63) is 42.0 Å². The molecule has 3 aromatic rings. The lowest BCUT2D eigenvalue weighted by Crippen LogP contribution is -2.47. The maximum absolute atomic E-state index is 5.76. The summed E-state index contributed by atoms with van der Waals surface area (Å²) >= 11 is 0. The van der Waals surface area contributed by atoms with Crippen molar-refractivity contribution in [3.63, 3.8) is 0 Å². The number of hydrogen-bond acceptors (Lipinski definition) is 7. The second kappa shape index (κ2) is 7.64. The van der Waals surface area contributed by atoms with E-state index < -0.39 is 0 Å². The van der Waals surface area contributed by atoms with Gasteiger partial charge in [-0.3, -0.25) is 0 Å². The summed E-state index contributed by atoms with van der Waals surface area (Å²) in [5.74, 6) is 2.86. The number of rotatable bonds is 8. The highest BCUT2D eigenvalue weighted by atomic mass is 16.6. The number of anilines is 1. The van der Waals surface area contributed by atoms with Crippen molar-refractivity contribution >= 4 is 5.69 Å². The fourth-order valence-corrected chi connectivity index (χ4v) is 5.49. The average molecular weight is 435 g/mol. The largest absolute Gasteiger partial charge is 0.464 e. The van der Waals surface area contributed by atoms with Gasteiger partial charge in [0.1, 0.15) is 5.69 Å². The SMILES string of the molecule is CCOc1cc(-c2cccc(NCC34CCC(c5nc(C6CC6)no5)(CC3)CC4)c2)no1. The molecule has 7 rings (SSSR count). The van der Waals surface area contributed by atoms with Crippen LogP contribution in [0.5, 0.6) is 5.95 Å². The topological polar surface area (TPSA) is 86.2 Å². The molecule has 2 bridgehead atoms. The van der Waals surface area contributed by atoms with E-state index in [0.29, 0.717) is 23.9 Å². The van der Waals surface area contributed by atoms with Crippen molar-refractivity contribution in [3.8, 4) is 17.2 Å². The highest BCUT2D eigenvalue weighted by Crippen LogP contribution is 2.57. The molecular formula is C25H30N4O3. The molecule has 0 amide bonds. The van der Waals surface area contributed by atoms with Crippen LogP contribution >= 0.6 is 0 Å². The predicted molar refractivity (Wildman–Crippen MR) is 120 cm³/mol. The summed E-state index contributed by atoms with van der Waals surface area (Å²) in [5, 5.41) is 12.1. The first-order chi connectivity index (χ1) is 15.7. The first-order valence-electron chi connectivity index (χ1n) is 12.0. The summed E-state index contributed by atoms with van der Waals surface area (Å²) in [6.45, 7) is 3.49. The Bertz CT molecular complexity index is 1080. The zero-order valence-corrected chi connectivity index (χ0v) is 18.6. The number of benzene rings is 1. The molecule has 4 aliphatic rings. The Kier molecular flexibility index (Phi) is 4.73. The van der Waals surface area contributed by atoms with Crippen LogP contribution in [0, 0.1) is 5.41 Å². The molecule has 0 unspecified atom stereocenters. The van der Waals surface area contributed by atoms with Crippen molar-refractivity contribution < 1.29 is 13.8 Å². The molecule has 32 heavy (non-hydrogen) atoms. The second-order valence-electron chi connectivity index (χ2n) is 9.91. The van der Waals surface area contributed by atoms with Gasteiger partial charge in [-0.05, 0) is 75.8 Å². The van der Waals surface area contributed by atoms with Crippen LogP contribution in [-0.4, -0.2) is 28.4 Å². The van der Waals surface area contributed by atoms with Crippen molar-refractivity contribution in [1.82, 2.24) is 15.3 Å². The fourth-order valence-electron chi connectivity index (χ4n) is 5.49. The van der Waals surface area contributed by atoms with Crippen LogP contribution in [0.4, 0.5) is 5.69 Å². The van der Waals surface area contributed by atoms with Crippen molar-refractivity contribution in [1.29, 1.82) is 0 Å². The third-order valence-electron chi connectivity index (χ3n) is 7.84. The van der Waals surface area contributed by atoms with E-state index in [9.17, 15) is 0 Å². The van der Waals surface area contributed by atoms with Crippen LogP contribution in [0.15, 0.2) is 39.4 Å². The van der Waals surface area contributed by atoms with Gasteiger partial charge in [-0.1, -0.05) is 22.4 Å². The van der Waals surface area contributed by atoms with Gasteiger partial charge >= 0.3 is 5.95 Å². The first-order valence-corrected chi connectivity index (χ1v) is 12.0. The Morgan fingerprint density at radius 3 is 2.59 bits per heavy atom. The van der Waals surface area contributed by atoms with Gasteiger partial charge in [-0.2, -0.15) is 4.98 Å². The highest BCUT2D eigenvalue weighted by molar-refractivity contribution is 5.65. The maximum Gasteiger partial charge on any atom is 0.311 e. The minimum atomic E-state index is 0.118. The summed E-state index contributed by atoms with van der Waals surface area (Å²) in [7, 11) is 0. The lowest BCUT2D eigenvalue weighted by Gasteiger charge is -2.52. The zero-order valence-electron chi connectivity index (χ0n) is 18.6. The van der Waals surface area contributed by atoms with E-state index in [1.165, 1.54) is 32.1 Å². The molecule has 1 N–H and O–H groups in total. The molecule has 7 nitrogen and oxygen atoms in total. The molecule has 0 atom stereocenters. The Labute approximate surface area is 187 Å². The minimum Gasteiger partial charge on any atom is -0.464 e. The van der Waals surface area contributed by atoms with Gasteiger partial charge in [0.2, 0.25) is 5.89 Å². The standard InChI is InChI=1S/C25H30N4O3/c1-2-30-21-15-20(28-31-21)18-4-3-5-19(14-18)26-16-24-8-11-25(12-9-24,13-10-24)23-27-22(29-32-23)17-6-7-17/h3-5,14-15,17,26H,2,6-13,16H2,1H3. The van der Waals surface area contributed by atoms with Crippen LogP contribution in [0.1, 0.15) is 75.9 Å². The third kappa shape index (κ3) is 3.57. The number of nitrogens with zero attached hydrogens (tertiary/aromatic N) is 3. The van der Waals surface area contributed by atoms with E-state index in [0.717, 1.165) is 54.5 Å². The quantitative estimate of drug-likeness (QED) is 0.486. The van der Waals surface area contributed by atoms with Crippen LogP contribution < -0.4 is 10.1 Å². The highest BCUT2D eigenvalue weighted by Gasteiger charge is 2.52. The molecule has 4 saturated carbocycles. The smallest absolute Gasteiger partial charge is 0.311 e. The van der Waals surface area contributed by atoms with Gasteiger partial charge in [0.15, 0.2) is 5.82 Å². The van der Waals surface area contributed by atoms with Gasteiger partial charge in [-0.15, -0.1) is 0 Å². The normalized spacial score (nSPS) is 26.9. The van der Waals surface area contributed by atoms with Crippen molar-refractivity contribution in [2.24, 2.45) is 5.41 Å². The molecule has 7 heteroatoms. The Balaban J connectivity index is 1.10. The second-order valence-corrected chi connectivity index (χ2v) is 9.91. The number of hydrogen-bond donors (Lipinski definition) is 1. The van der Waals surface area contributed by atoms with Crippen LogP contribution in [0.2, 0.25) is 0 Å². The Morgan fingerprint density at radius 2 is 1.84 bits per heavy atom. The van der Waals surface area contributed by atoms with Crippen LogP contribution in [0.3, 0.4) is 0 Å². The first kappa shape index (κ1) is 19.8. The Morgan fingerprint density at radius 1 is 1.03 bits per heavy atom. The lowest BCUT2D eigenvalue weighted by atomic mass is 9.53.